The van der Waals surface area contributed by atoms with Crippen molar-refractivity contribution >= 4 is 5.97 Å². The molecule has 0 amide bonds. The Morgan fingerprint density at radius 2 is 1.97 bits per heavy atom. The van der Waals surface area contributed by atoms with E-state index in [4.69, 9.17) is 9.99 Å². The lowest BCUT2D eigenvalue weighted by atomic mass is 9.66. The van der Waals surface area contributed by atoms with E-state index < -0.39 is 18.3 Å². The largest absolute Gasteiger partial charge is 0.461 e. The maximum Gasteiger partial charge on any atom is 0.308 e. The van der Waals surface area contributed by atoms with Gasteiger partial charge in [0, 0.05) is 12.3 Å². The van der Waals surface area contributed by atoms with Gasteiger partial charge < -0.3 is 20.1 Å². The highest BCUT2D eigenvalue weighted by Gasteiger charge is 2.42. The standard InChI is InChI=1S/C23H38O7/c1-4-14(2)23(27)30-21-13-19(26)11-16-6-5-15(3)20(22(16)21)8-7-17(24)12-18(25)9-10-29-28/h5-6,11,14-15,17-22,24-26,28H,4,7-10,12-13H2,1-3H3/t14?,15?,17-,18?,19?,20?,21?,22?/m1/s1. The Morgan fingerprint density at radius 1 is 1.27 bits per heavy atom. The smallest absolute Gasteiger partial charge is 0.308 e. The molecule has 0 fully saturated rings. The van der Waals surface area contributed by atoms with Gasteiger partial charge in [0.25, 0.3) is 0 Å². The van der Waals surface area contributed by atoms with Crippen molar-refractivity contribution in [2.24, 2.45) is 23.7 Å². The summed E-state index contributed by atoms with van der Waals surface area (Å²) in [5.41, 5.74) is 0.994. The van der Waals surface area contributed by atoms with Gasteiger partial charge in [-0.25, -0.2) is 4.89 Å². The number of aliphatic hydroxyl groups excluding tert-OH is 3. The van der Waals surface area contributed by atoms with Gasteiger partial charge in [0.1, 0.15) is 6.10 Å². The van der Waals surface area contributed by atoms with Crippen LogP contribution in [0.15, 0.2) is 23.8 Å². The van der Waals surface area contributed by atoms with Crippen LogP contribution in [-0.4, -0.2) is 57.6 Å². The normalized spacial score (nSPS) is 31.4. The monoisotopic (exact) mass is 426 g/mol. The third kappa shape index (κ3) is 6.89. The Morgan fingerprint density at radius 3 is 2.63 bits per heavy atom. The van der Waals surface area contributed by atoms with Crippen molar-refractivity contribution in [2.75, 3.05) is 6.61 Å². The van der Waals surface area contributed by atoms with Crippen molar-refractivity contribution in [1.82, 2.24) is 0 Å². The molecule has 7 unspecified atom stereocenters. The van der Waals surface area contributed by atoms with Crippen LogP contribution in [-0.2, 0) is 14.4 Å². The van der Waals surface area contributed by atoms with Crippen molar-refractivity contribution in [3.8, 4) is 0 Å². The fraction of sp³-hybridized carbons (Fsp3) is 0.783. The molecule has 2 rings (SSSR count). The maximum atomic E-state index is 12.4. The fourth-order valence-corrected chi connectivity index (χ4v) is 4.54. The first-order valence-corrected chi connectivity index (χ1v) is 11.2. The Balaban J connectivity index is 2.06. The number of fused-ring (bicyclic) bond motifs is 1. The zero-order valence-corrected chi connectivity index (χ0v) is 18.3. The van der Waals surface area contributed by atoms with E-state index in [0.29, 0.717) is 25.7 Å². The number of carbonyl (C=O) groups is 1. The van der Waals surface area contributed by atoms with Gasteiger partial charge in [-0.2, -0.15) is 0 Å². The number of ether oxygens (including phenoxy) is 1. The molecule has 0 aliphatic heterocycles. The predicted octanol–water partition coefficient (Wildman–Crippen LogP) is 2.85. The summed E-state index contributed by atoms with van der Waals surface area (Å²) < 4.78 is 5.86. The SMILES string of the molecule is CCC(C)C(=O)OC1CC(O)C=C2C=CC(C)C(CC[C@@H](O)CC(O)CCOO)C21. The average molecular weight is 427 g/mol. The molecular formula is C23H38O7. The molecule has 8 atom stereocenters. The molecule has 2 aliphatic rings. The summed E-state index contributed by atoms with van der Waals surface area (Å²) in [6.45, 7) is 5.95. The minimum atomic E-state index is -0.736. The Labute approximate surface area is 179 Å². The first kappa shape index (κ1) is 25.0. The molecule has 7 nitrogen and oxygen atoms in total. The second-order valence-corrected chi connectivity index (χ2v) is 8.90. The van der Waals surface area contributed by atoms with E-state index in [1.807, 2.05) is 26.0 Å². The van der Waals surface area contributed by atoms with Crippen molar-refractivity contribution in [2.45, 2.75) is 83.7 Å². The molecule has 0 radical (unpaired) electrons. The quantitative estimate of drug-likeness (QED) is 0.228. The van der Waals surface area contributed by atoms with Crippen LogP contribution in [0.1, 0.15) is 59.3 Å². The highest BCUT2D eigenvalue weighted by molar-refractivity contribution is 5.72. The summed E-state index contributed by atoms with van der Waals surface area (Å²) in [7, 11) is 0. The van der Waals surface area contributed by atoms with Gasteiger partial charge in [0.15, 0.2) is 0 Å². The second-order valence-electron chi connectivity index (χ2n) is 8.90. The zero-order valence-electron chi connectivity index (χ0n) is 18.3. The molecule has 0 spiro atoms. The van der Waals surface area contributed by atoms with Gasteiger partial charge in [-0.1, -0.05) is 39.0 Å². The highest BCUT2D eigenvalue weighted by Crippen LogP contribution is 2.44. The molecule has 2 aliphatic carbocycles. The van der Waals surface area contributed by atoms with Gasteiger partial charge in [-0.05, 0) is 49.5 Å². The van der Waals surface area contributed by atoms with E-state index in [9.17, 15) is 20.1 Å². The van der Waals surface area contributed by atoms with E-state index in [-0.39, 0.29) is 55.2 Å². The molecule has 0 aromatic heterocycles. The molecule has 0 saturated carbocycles. The lowest BCUT2D eigenvalue weighted by Crippen LogP contribution is -2.43. The van der Waals surface area contributed by atoms with Crippen LogP contribution in [0.3, 0.4) is 0 Å². The van der Waals surface area contributed by atoms with Crippen LogP contribution in [0, 0.1) is 23.7 Å². The molecule has 0 saturated heterocycles. The van der Waals surface area contributed by atoms with Gasteiger partial charge in [-0.3, -0.25) is 10.1 Å². The molecule has 0 aromatic rings. The Bertz CT molecular complexity index is 602. The van der Waals surface area contributed by atoms with Crippen LogP contribution >= 0.6 is 0 Å². The maximum absolute atomic E-state index is 12.4. The number of carbonyl (C=O) groups excluding carboxylic acids is 1. The van der Waals surface area contributed by atoms with E-state index in [2.05, 4.69) is 17.9 Å². The summed E-state index contributed by atoms with van der Waals surface area (Å²) in [6.07, 6.45) is 6.35. The lowest BCUT2D eigenvalue weighted by molar-refractivity contribution is -0.245. The van der Waals surface area contributed by atoms with Crippen LogP contribution in [0.4, 0.5) is 0 Å². The summed E-state index contributed by atoms with van der Waals surface area (Å²) in [5, 5.41) is 38.9. The van der Waals surface area contributed by atoms with Crippen LogP contribution in [0.5, 0.6) is 0 Å². The first-order chi connectivity index (χ1) is 14.3. The average Bonchev–Trinajstić information content (AvgIpc) is 2.70. The molecule has 7 heteroatoms. The molecule has 0 aromatic carbocycles. The number of rotatable bonds is 11. The van der Waals surface area contributed by atoms with E-state index >= 15 is 0 Å². The van der Waals surface area contributed by atoms with Crippen molar-refractivity contribution in [1.29, 1.82) is 0 Å². The van der Waals surface area contributed by atoms with Gasteiger partial charge in [-0.15, -0.1) is 0 Å². The van der Waals surface area contributed by atoms with E-state index in [1.54, 1.807) is 0 Å². The number of allylic oxidation sites excluding steroid dienone is 2. The minimum Gasteiger partial charge on any atom is -0.461 e. The molecule has 30 heavy (non-hydrogen) atoms. The second kappa shape index (κ2) is 12.0. The zero-order chi connectivity index (χ0) is 22.3. The van der Waals surface area contributed by atoms with Crippen LogP contribution in [0.2, 0.25) is 0 Å². The highest BCUT2D eigenvalue weighted by atomic mass is 17.1. The third-order valence-electron chi connectivity index (χ3n) is 6.57. The summed E-state index contributed by atoms with van der Waals surface area (Å²) >= 11 is 0. The number of aliphatic hydroxyl groups is 3. The third-order valence-corrected chi connectivity index (χ3v) is 6.57. The Kier molecular flexibility index (Phi) is 9.97. The van der Waals surface area contributed by atoms with Crippen molar-refractivity contribution < 1.29 is 35.0 Å². The van der Waals surface area contributed by atoms with Crippen molar-refractivity contribution in [3.63, 3.8) is 0 Å². The molecule has 172 valence electrons. The fourth-order valence-electron chi connectivity index (χ4n) is 4.54. The molecule has 4 N–H and O–H groups in total. The van der Waals surface area contributed by atoms with E-state index in [0.717, 1.165) is 5.57 Å². The predicted molar refractivity (Wildman–Crippen MR) is 112 cm³/mol. The lowest BCUT2D eigenvalue weighted by Gasteiger charge is -2.43. The topological polar surface area (TPSA) is 116 Å². The van der Waals surface area contributed by atoms with Gasteiger partial charge in [0.2, 0.25) is 0 Å². The summed E-state index contributed by atoms with van der Waals surface area (Å²) in [6, 6.07) is 0. The summed E-state index contributed by atoms with van der Waals surface area (Å²) in [5.74, 6) is -0.0200. The van der Waals surface area contributed by atoms with Gasteiger partial charge in [0.05, 0.1) is 30.8 Å². The van der Waals surface area contributed by atoms with Crippen LogP contribution < -0.4 is 0 Å². The molecular weight excluding hydrogens is 388 g/mol. The van der Waals surface area contributed by atoms with Gasteiger partial charge >= 0.3 is 5.97 Å². The number of esters is 1. The first-order valence-electron chi connectivity index (χ1n) is 11.2. The Hall–Kier alpha value is -1.25. The summed E-state index contributed by atoms with van der Waals surface area (Å²) in [4.78, 5) is 16.4. The van der Waals surface area contributed by atoms with E-state index in [1.165, 1.54) is 0 Å². The number of hydrogen-bond acceptors (Lipinski definition) is 7. The van der Waals surface area contributed by atoms with Crippen molar-refractivity contribution in [3.05, 3.63) is 23.8 Å². The minimum absolute atomic E-state index is 0.0127. The van der Waals surface area contributed by atoms with Crippen LogP contribution in [0.25, 0.3) is 0 Å². The number of hydrogen-bond donors (Lipinski definition) is 4. The molecule has 0 heterocycles. The molecule has 0 bridgehead atoms.